The number of benzene rings is 3. The Kier molecular flexibility index (Phi) is 8.01. The zero-order valence-corrected chi connectivity index (χ0v) is 27.5. The molecule has 13 heteroatoms. The van der Waals surface area contributed by atoms with Crippen LogP contribution in [0.25, 0.3) is 27.6 Å². The molecule has 3 aliphatic rings. The van der Waals surface area contributed by atoms with Crippen LogP contribution in [0, 0.1) is 5.82 Å². The molecule has 0 radical (unpaired) electrons. The number of ether oxygens (including phenoxy) is 1. The second-order valence-electron chi connectivity index (χ2n) is 12.7. The normalized spacial score (nSPS) is 17.0. The third-order valence-electron chi connectivity index (χ3n) is 9.58. The summed E-state index contributed by atoms with van der Waals surface area (Å²) in [5, 5.41) is 3.88. The first-order valence-corrected chi connectivity index (χ1v) is 16.7. The first-order valence-electron chi connectivity index (χ1n) is 16.7. The van der Waals surface area contributed by atoms with Crippen LogP contribution in [0.1, 0.15) is 27.3 Å². The molecule has 5 aromatic rings. The van der Waals surface area contributed by atoms with Gasteiger partial charge in [0.05, 0.1) is 11.1 Å². The topological polar surface area (TPSA) is 139 Å². The Morgan fingerprint density at radius 3 is 2.59 bits per heavy atom. The number of pyridine rings is 1. The number of hydrogen-bond donors (Lipinski definition) is 2. The number of aliphatic imine (C=N–C) groups is 1. The molecular weight excluding hydrogens is 653 g/mol. The molecule has 0 aliphatic carbocycles. The number of carbonyl (C=O) groups excluding carboxylic acids is 2. The molecule has 1 atom stereocenters. The van der Waals surface area contributed by atoms with Gasteiger partial charge in [-0.25, -0.2) is 9.38 Å². The zero-order valence-electron chi connectivity index (χ0n) is 27.5. The third-order valence-corrected chi connectivity index (χ3v) is 9.58. The lowest BCUT2D eigenvalue weighted by molar-refractivity contribution is 0.0667. The van der Waals surface area contributed by atoms with Crippen molar-refractivity contribution in [2.45, 2.75) is 12.5 Å². The van der Waals surface area contributed by atoms with E-state index in [4.69, 9.17) is 14.9 Å². The summed E-state index contributed by atoms with van der Waals surface area (Å²) < 4.78 is 30.2. The van der Waals surface area contributed by atoms with Crippen molar-refractivity contribution in [1.29, 1.82) is 0 Å². The summed E-state index contributed by atoms with van der Waals surface area (Å²) in [5.74, 6) is -0.0753. The molecule has 51 heavy (non-hydrogen) atoms. The third kappa shape index (κ3) is 5.66. The quantitative estimate of drug-likeness (QED) is 0.229. The fourth-order valence-electron chi connectivity index (χ4n) is 7.03. The molecule has 2 fully saturated rings. The first-order chi connectivity index (χ1) is 24.8. The Balaban J connectivity index is 1.09. The van der Waals surface area contributed by atoms with Crippen molar-refractivity contribution in [3.8, 4) is 17.2 Å². The summed E-state index contributed by atoms with van der Waals surface area (Å²) in [4.78, 5) is 50.7. The molecule has 0 saturated carbocycles. The molecule has 1 unspecified atom stereocenters. The number of rotatable bonds is 7. The molecule has 5 heterocycles. The Morgan fingerprint density at radius 2 is 1.78 bits per heavy atom. The molecule has 3 aliphatic heterocycles. The van der Waals surface area contributed by atoms with Gasteiger partial charge in [0.25, 0.3) is 11.8 Å². The van der Waals surface area contributed by atoms with Crippen molar-refractivity contribution in [2.24, 2.45) is 10.7 Å². The molecule has 8 rings (SSSR count). The van der Waals surface area contributed by atoms with Crippen LogP contribution in [0.15, 0.2) is 106 Å². The molecule has 0 bridgehead atoms. The van der Waals surface area contributed by atoms with Gasteiger partial charge in [-0.1, -0.05) is 36.9 Å². The Morgan fingerprint density at radius 1 is 1.02 bits per heavy atom. The SMILES string of the molecule is C=C(N=C/C=C\N)N1CCN(C(=O)c2cn3c4c(c(N5CCC(NC(=O)c6cc7ccccc7o6)C5)c(F)cc4c2=O)Oc2ccccc2-3)CC1. The number of furan rings is 1. The smallest absolute Gasteiger partial charge is 0.287 e. The predicted octanol–water partition coefficient (Wildman–Crippen LogP) is 4.76. The summed E-state index contributed by atoms with van der Waals surface area (Å²) in [6.45, 7) is 6.37. The van der Waals surface area contributed by atoms with Gasteiger partial charge in [-0.15, -0.1) is 0 Å². The number of aromatic nitrogens is 1. The van der Waals surface area contributed by atoms with Gasteiger partial charge in [0.15, 0.2) is 23.1 Å². The summed E-state index contributed by atoms with van der Waals surface area (Å²) >= 11 is 0. The predicted molar refractivity (Wildman–Crippen MR) is 192 cm³/mol. The summed E-state index contributed by atoms with van der Waals surface area (Å²) in [6, 6.07) is 17.2. The number of nitrogens with one attached hydrogen (secondary N) is 1. The molecule has 3 N–H and O–H groups in total. The fraction of sp³-hybridized carbons (Fsp3) is 0.211. The first kappa shape index (κ1) is 31.9. The minimum Gasteiger partial charge on any atom is -0.451 e. The number of halogens is 1. The van der Waals surface area contributed by atoms with Crippen molar-refractivity contribution < 1.29 is 23.1 Å². The maximum atomic E-state index is 16.3. The number of piperazine rings is 1. The highest BCUT2D eigenvalue weighted by atomic mass is 19.1. The van der Waals surface area contributed by atoms with Gasteiger partial charge in [-0.3, -0.25) is 14.4 Å². The van der Waals surface area contributed by atoms with E-state index in [1.165, 1.54) is 18.5 Å². The van der Waals surface area contributed by atoms with Crippen LogP contribution in [0.2, 0.25) is 0 Å². The van der Waals surface area contributed by atoms with E-state index in [9.17, 15) is 14.4 Å². The highest BCUT2D eigenvalue weighted by Crippen LogP contribution is 2.47. The summed E-state index contributed by atoms with van der Waals surface area (Å²) in [6.07, 6.45) is 6.60. The number of nitrogens with two attached hydrogens (primary N) is 1. The van der Waals surface area contributed by atoms with E-state index in [1.807, 2.05) is 40.1 Å². The van der Waals surface area contributed by atoms with E-state index in [2.05, 4.69) is 16.9 Å². The Labute approximate surface area is 291 Å². The van der Waals surface area contributed by atoms with E-state index < -0.39 is 17.2 Å². The Hall–Kier alpha value is -6.37. The van der Waals surface area contributed by atoms with Crippen LogP contribution in [0.3, 0.4) is 0 Å². The minimum atomic E-state index is -0.661. The number of fused-ring (bicyclic) bond motifs is 3. The van der Waals surface area contributed by atoms with E-state index in [-0.39, 0.29) is 40.1 Å². The number of nitrogens with zero attached hydrogens (tertiary/aromatic N) is 5. The van der Waals surface area contributed by atoms with Crippen LogP contribution in [0.4, 0.5) is 10.1 Å². The van der Waals surface area contributed by atoms with Crippen molar-refractivity contribution >= 4 is 45.6 Å². The van der Waals surface area contributed by atoms with Crippen molar-refractivity contribution in [3.63, 3.8) is 0 Å². The number of carbonyl (C=O) groups is 2. The molecule has 12 nitrogen and oxygen atoms in total. The van der Waals surface area contributed by atoms with Gasteiger partial charge in [-0.05, 0) is 49.0 Å². The van der Waals surface area contributed by atoms with Crippen LogP contribution < -0.4 is 26.1 Å². The van der Waals surface area contributed by atoms with Crippen LogP contribution in [-0.2, 0) is 0 Å². The van der Waals surface area contributed by atoms with Gasteiger partial charge in [0, 0.05) is 63.1 Å². The zero-order chi connectivity index (χ0) is 35.2. The van der Waals surface area contributed by atoms with Crippen molar-refractivity contribution in [2.75, 3.05) is 44.2 Å². The van der Waals surface area contributed by atoms with Gasteiger partial charge in [0.2, 0.25) is 5.43 Å². The van der Waals surface area contributed by atoms with Gasteiger partial charge >= 0.3 is 0 Å². The fourth-order valence-corrected chi connectivity index (χ4v) is 7.03. The van der Waals surface area contributed by atoms with E-state index in [0.717, 1.165) is 5.39 Å². The molecule has 3 aromatic carbocycles. The molecule has 258 valence electrons. The lowest BCUT2D eigenvalue weighted by atomic mass is 10.0. The second-order valence-corrected chi connectivity index (χ2v) is 12.7. The molecule has 2 saturated heterocycles. The second kappa shape index (κ2) is 12.8. The monoisotopic (exact) mass is 687 g/mol. The lowest BCUT2D eigenvalue weighted by Crippen LogP contribution is -2.48. The van der Waals surface area contributed by atoms with E-state index >= 15 is 4.39 Å². The highest BCUT2D eigenvalue weighted by Gasteiger charge is 2.35. The van der Waals surface area contributed by atoms with Crippen molar-refractivity contribution in [3.05, 3.63) is 119 Å². The number of para-hydroxylation sites is 3. The van der Waals surface area contributed by atoms with E-state index in [0.29, 0.717) is 74.0 Å². The molecular formula is C38H34FN7O5. The van der Waals surface area contributed by atoms with Gasteiger partial charge in [0.1, 0.15) is 28.2 Å². The number of anilines is 1. The van der Waals surface area contributed by atoms with Gasteiger partial charge in [-0.2, -0.15) is 0 Å². The average molecular weight is 688 g/mol. The average Bonchev–Trinajstić information content (AvgIpc) is 3.80. The van der Waals surface area contributed by atoms with Crippen LogP contribution >= 0.6 is 0 Å². The van der Waals surface area contributed by atoms with Gasteiger partial charge < -0.3 is 39.5 Å². The number of allylic oxidation sites excluding steroid dienone is 1. The largest absolute Gasteiger partial charge is 0.451 e. The van der Waals surface area contributed by atoms with E-state index in [1.54, 1.807) is 46.0 Å². The minimum absolute atomic E-state index is 0.0369. The summed E-state index contributed by atoms with van der Waals surface area (Å²) in [7, 11) is 0. The number of amides is 2. The maximum Gasteiger partial charge on any atom is 0.287 e. The molecule has 0 spiro atoms. The molecule has 2 aromatic heterocycles. The Bertz CT molecular complexity index is 2320. The number of hydrogen-bond acceptors (Lipinski definition) is 9. The maximum absolute atomic E-state index is 16.3. The molecule has 2 amide bonds. The summed E-state index contributed by atoms with van der Waals surface area (Å²) in [5.41, 5.74) is 6.51. The van der Waals surface area contributed by atoms with Crippen LogP contribution in [-0.4, -0.2) is 77.7 Å². The lowest BCUT2D eigenvalue weighted by Gasteiger charge is -2.36. The van der Waals surface area contributed by atoms with Crippen LogP contribution in [0.5, 0.6) is 11.5 Å². The standard InChI is InChI=1S/C38H34FN7O5/c1-23(41-13-6-12-40)43-15-17-44(18-16-43)38(49)27-22-46-29-8-3-5-10-31(29)51-36-33(46)26(35(27)47)20-28(39)34(36)45-14-11-25(21-45)42-37(48)32-19-24-7-2-4-9-30(24)50-32/h2-10,12-13,19-20,22,25H,1,11,14-18,21,40H2,(H,42,48)/b12-6-,41-13?. The van der Waals surface area contributed by atoms with Crippen molar-refractivity contribution in [1.82, 2.24) is 19.7 Å². The highest BCUT2D eigenvalue weighted by molar-refractivity contribution is 6.01.